The van der Waals surface area contributed by atoms with Gasteiger partial charge in [0, 0.05) is 11.3 Å². The molecule has 0 spiro atoms. The SMILES string of the molecule is COc1ccccc1C(O)c1cccc(NCO)c1. The molecule has 0 aliphatic rings. The van der Waals surface area contributed by atoms with E-state index >= 15 is 0 Å². The minimum Gasteiger partial charge on any atom is -0.496 e. The third kappa shape index (κ3) is 3.05. The molecular formula is C15H17NO3. The Hall–Kier alpha value is -2.04. The Morgan fingerprint density at radius 3 is 2.68 bits per heavy atom. The molecule has 0 fully saturated rings. The molecule has 2 rings (SSSR count). The normalized spacial score (nSPS) is 11.9. The molecule has 0 aromatic heterocycles. The van der Waals surface area contributed by atoms with Crippen molar-refractivity contribution in [1.29, 1.82) is 0 Å². The van der Waals surface area contributed by atoms with Crippen LogP contribution in [0.25, 0.3) is 0 Å². The Balaban J connectivity index is 2.32. The van der Waals surface area contributed by atoms with E-state index < -0.39 is 6.10 Å². The fraction of sp³-hybridized carbons (Fsp3) is 0.200. The third-order valence-electron chi connectivity index (χ3n) is 2.92. The van der Waals surface area contributed by atoms with Gasteiger partial charge in [-0.05, 0) is 23.8 Å². The van der Waals surface area contributed by atoms with E-state index in [1.807, 2.05) is 42.5 Å². The summed E-state index contributed by atoms with van der Waals surface area (Å²) < 4.78 is 5.25. The van der Waals surface area contributed by atoms with Crippen LogP contribution in [0.5, 0.6) is 5.75 Å². The van der Waals surface area contributed by atoms with Crippen LogP contribution in [-0.2, 0) is 0 Å². The fourth-order valence-electron chi connectivity index (χ4n) is 1.98. The molecule has 0 aliphatic carbocycles. The number of methoxy groups -OCH3 is 1. The van der Waals surface area contributed by atoms with Gasteiger partial charge in [0.1, 0.15) is 18.6 Å². The number of rotatable bonds is 5. The van der Waals surface area contributed by atoms with Gasteiger partial charge in [-0.2, -0.15) is 0 Å². The summed E-state index contributed by atoms with van der Waals surface area (Å²) in [7, 11) is 1.58. The predicted octanol–water partition coefficient (Wildman–Crippen LogP) is 2.14. The van der Waals surface area contributed by atoms with Crippen LogP contribution in [0.2, 0.25) is 0 Å². The van der Waals surface area contributed by atoms with Gasteiger partial charge in [-0.15, -0.1) is 0 Å². The Morgan fingerprint density at radius 2 is 1.95 bits per heavy atom. The van der Waals surface area contributed by atoms with Gasteiger partial charge in [-0.25, -0.2) is 0 Å². The second-order valence-corrected chi connectivity index (χ2v) is 4.10. The van der Waals surface area contributed by atoms with E-state index in [1.54, 1.807) is 13.2 Å². The zero-order chi connectivity index (χ0) is 13.7. The van der Waals surface area contributed by atoms with E-state index in [-0.39, 0.29) is 6.73 Å². The Kier molecular flexibility index (Phi) is 4.39. The topological polar surface area (TPSA) is 61.7 Å². The highest BCUT2D eigenvalue weighted by Gasteiger charge is 2.15. The molecule has 1 unspecified atom stereocenters. The lowest BCUT2D eigenvalue weighted by Crippen LogP contribution is -2.04. The van der Waals surface area contributed by atoms with Crippen molar-refractivity contribution in [2.45, 2.75) is 6.10 Å². The van der Waals surface area contributed by atoms with E-state index in [1.165, 1.54) is 0 Å². The zero-order valence-corrected chi connectivity index (χ0v) is 10.7. The van der Waals surface area contributed by atoms with E-state index in [0.717, 1.165) is 11.3 Å². The first kappa shape index (κ1) is 13.4. The maximum Gasteiger partial charge on any atom is 0.125 e. The molecule has 2 aromatic rings. The Labute approximate surface area is 112 Å². The van der Waals surface area contributed by atoms with Crippen molar-refractivity contribution in [2.75, 3.05) is 19.2 Å². The smallest absolute Gasteiger partial charge is 0.125 e. The highest BCUT2D eigenvalue weighted by atomic mass is 16.5. The largest absolute Gasteiger partial charge is 0.496 e. The number of para-hydroxylation sites is 1. The second-order valence-electron chi connectivity index (χ2n) is 4.10. The monoisotopic (exact) mass is 259 g/mol. The van der Waals surface area contributed by atoms with Crippen molar-refractivity contribution in [2.24, 2.45) is 0 Å². The third-order valence-corrected chi connectivity index (χ3v) is 2.92. The van der Waals surface area contributed by atoms with E-state index in [2.05, 4.69) is 5.32 Å². The highest BCUT2D eigenvalue weighted by molar-refractivity contribution is 5.49. The van der Waals surface area contributed by atoms with Crippen molar-refractivity contribution in [3.05, 3.63) is 59.7 Å². The number of aliphatic hydroxyl groups is 2. The molecule has 19 heavy (non-hydrogen) atoms. The summed E-state index contributed by atoms with van der Waals surface area (Å²) in [6, 6.07) is 14.6. The molecule has 0 heterocycles. The summed E-state index contributed by atoms with van der Waals surface area (Å²) in [5.74, 6) is 0.649. The highest BCUT2D eigenvalue weighted by Crippen LogP contribution is 2.30. The molecule has 0 aliphatic heterocycles. The van der Waals surface area contributed by atoms with Gasteiger partial charge in [0.2, 0.25) is 0 Å². The number of anilines is 1. The standard InChI is InChI=1S/C15H17NO3/c1-19-14-8-3-2-7-13(14)15(18)11-5-4-6-12(9-11)16-10-17/h2-9,15-18H,10H2,1H3. The molecule has 0 bridgehead atoms. The van der Waals surface area contributed by atoms with Crippen LogP contribution in [-0.4, -0.2) is 24.1 Å². The van der Waals surface area contributed by atoms with Crippen LogP contribution in [0, 0.1) is 0 Å². The van der Waals surface area contributed by atoms with Crippen molar-refractivity contribution >= 4 is 5.69 Å². The first-order chi connectivity index (χ1) is 9.26. The molecule has 4 nitrogen and oxygen atoms in total. The van der Waals surface area contributed by atoms with Gasteiger partial charge in [-0.3, -0.25) is 0 Å². The first-order valence-corrected chi connectivity index (χ1v) is 6.02. The maximum atomic E-state index is 10.4. The average molecular weight is 259 g/mol. The summed E-state index contributed by atoms with van der Waals surface area (Å²) >= 11 is 0. The van der Waals surface area contributed by atoms with Gasteiger partial charge in [0.15, 0.2) is 0 Å². The van der Waals surface area contributed by atoms with E-state index in [9.17, 15) is 5.11 Å². The molecular weight excluding hydrogens is 242 g/mol. The van der Waals surface area contributed by atoms with Crippen molar-refractivity contribution in [1.82, 2.24) is 0 Å². The van der Waals surface area contributed by atoms with Gasteiger partial charge in [-0.1, -0.05) is 30.3 Å². The molecule has 100 valence electrons. The summed E-state index contributed by atoms with van der Waals surface area (Å²) in [4.78, 5) is 0. The summed E-state index contributed by atoms with van der Waals surface area (Å²) in [5.41, 5.74) is 2.21. The van der Waals surface area contributed by atoms with E-state index in [0.29, 0.717) is 11.3 Å². The van der Waals surface area contributed by atoms with Crippen LogP contribution in [0.4, 0.5) is 5.69 Å². The molecule has 4 heteroatoms. The quantitative estimate of drug-likeness (QED) is 0.720. The molecule has 0 saturated carbocycles. The van der Waals surface area contributed by atoms with Crippen LogP contribution in [0.3, 0.4) is 0 Å². The lowest BCUT2D eigenvalue weighted by atomic mass is 10.0. The summed E-state index contributed by atoms with van der Waals surface area (Å²) in [6.07, 6.45) is -0.767. The lowest BCUT2D eigenvalue weighted by molar-refractivity contribution is 0.215. The molecule has 2 aromatic carbocycles. The van der Waals surface area contributed by atoms with Gasteiger partial charge >= 0.3 is 0 Å². The molecule has 0 saturated heterocycles. The number of hydrogen-bond acceptors (Lipinski definition) is 4. The van der Waals surface area contributed by atoms with Crippen LogP contribution in [0.15, 0.2) is 48.5 Å². The van der Waals surface area contributed by atoms with Crippen LogP contribution in [0.1, 0.15) is 17.2 Å². The fourth-order valence-corrected chi connectivity index (χ4v) is 1.98. The maximum absolute atomic E-state index is 10.4. The average Bonchev–Trinajstić information content (AvgIpc) is 2.47. The van der Waals surface area contributed by atoms with Gasteiger partial charge in [0.25, 0.3) is 0 Å². The number of benzene rings is 2. The lowest BCUT2D eigenvalue weighted by Gasteiger charge is -2.16. The number of aliphatic hydroxyl groups excluding tert-OH is 2. The number of ether oxygens (including phenoxy) is 1. The molecule has 1 atom stereocenters. The number of hydrogen-bond donors (Lipinski definition) is 3. The zero-order valence-electron chi connectivity index (χ0n) is 10.7. The first-order valence-electron chi connectivity index (χ1n) is 6.02. The number of nitrogens with one attached hydrogen (secondary N) is 1. The van der Waals surface area contributed by atoms with Gasteiger partial charge in [0.05, 0.1) is 7.11 Å². The summed E-state index contributed by atoms with van der Waals surface area (Å²) in [6.45, 7) is -0.145. The minimum atomic E-state index is -0.767. The van der Waals surface area contributed by atoms with Gasteiger partial charge < -0.3 is 20.3 Å². The Morgan fingerprint density at radius 1 is 1.16 bits per heavy atom. The second kappa shape index (κ2) is 6.22. The molecule has 3 N–H and O–H groups in total. The molecule has 0 amide bonds. The summed E-state index contributed by atoms with van der Waals surface area (Å²) in [5, 5.41) is 22.1. The van der Waals surface area contributed by atoms with Crippen LogP contribution >= 0.6 is 0 Å². The van der Waals surface area contributed by atoms with E-state index in [4.69, 9.17) is 9.84 Å². The van der Waals surface area contributed by atoms with Crippen LogP contribution < -0.4 is 10.1 Å². The minimum absolute atomic E-state index is 0.145. The van der Waals surface area contributed by atoms with Crippen molar-refractivity contribution < 1.29 is 14.9 Å². The van der Waals surface area contributed by atoms with Crippen molar-refractivity contribution in [3.63, 3.8) is 0 Å². The molecule has 0 radical (unpaired) electrons. The van der Waals surface area contributed by atoms with Crippen molar-refractivity contribution in [3.8, 4) is 5.75 Å². The Bertz CT molecular complexity index is 542. The predicted molar refractivity (Wildman–Crippen MR) is 74.2 cm³/mol.